The number of nitrogens with one attached hydrogen (secondary N) is 2. The molecule has 12 nitrogen and oxygen atoms in total. The Morgan fingerprint density at radius 1 is 1.12 bits per heavy atom. The molecule has 2 aliphatic rings. The van der Waals surface area contributed by atoms with E-state index in [-0.39, 0.29) is 47.2 Å². The highest BCUT2D eigenvalue weighted by Crippen LogP contribution is 2.44. The lowest BCUT2D eigenvalue weighted by molar-refractivity contribution is -0.140. The molecule has 3 aromatic carbocycles. The van der Waals surface area contributed by atoms with Crippen molar-refractivity contribution in [2.24, 2.45) is 7.05 Å². The summed E-state index contributed by atoms with van der Waals surface area (Å²) in [5, 5.41) is 33.6. The lowest BCUT2D eigenvalue weighted by atomic mass is 9.93. The van der Waals surface area contributed by atoms with Crippen molar-refractivity contribution < 1.29 is 38.8 Å². The van der Waals surface area contributed by atoms with Gasteiger partial charge < -0.3 is 34.7 Å². The highest BCUT2D eigenvalue weighted by Gasteiger charge is 2.31. The molecular weight excluding hydrogens is 693 g/mol. The summed E-state index contributed by atoms with van der Waals surface area (Å²) in [6.45, 7) is 4.45. The second-order valence-electron chi connectivity index (χ2n) is 13.2. The van der Waals surface area contributed by atoms with Crippen molar-refractivity contribution in [3.8, 4) is 22.6 Å². The Morgan fingerprint density at radius 3 is 2.58 bits per heavy atom. The molecule has 14 heteroatoms. The maximum absolute atomic E-state index is 15.6. The number of halogens is 2. The van der Waals surface area contributed by atoms with Gasteiger partial charge in [-0.15, -0.1) is 0 Å². The van der Waals surface area contributed by atoms with Crippen LogP contribution in [0.5, 0.6) is 11.5 Å². The van der Waals surface area contributed by atoms with Crippen LogP contribution in [0.3, 0.4) is 0 Å². The SMILES string of the molecule is COc1cc(OC2CCc3c(-c4cccc(NC(=O)c5nc6c(n5C)CCN(C(C)CO)C6)c4C)cccc32)c(Cl)c(F)c1CN[C@H](CO)C(=O)O. The molecular formula is C38H43ClFN5O7. The van der Waals surface area contributed by atoms with Crippen LogP contribution in [0.15, 0.2) is 42.5 Å². The van der Waals surface area contributed by atoms with Gasteiger partial charge >= 0.3 is 5.97 Å². The van der Waals surface area contributed by atoms with Crippen molar-refractivity contribution in [2.75, 3.05) is 32.2 Å². The number of anilines is 1. The van der Waals surface area contributed by atoms with Crippen LogP contribution in [0.2, 0.25) is 5.02 Å². The predicted molar refractivity (Wildman–Crippen MR) is 193 cm³/mol. The Bertz CT molecular complexity index is 2000. The van der Waals surface area contributed by atoms with E-state index in [0.717, 1.165) is 52.2 Å². The fourth-order valence-corrected chi connectivity index (χ4v) is 7.35. The maximum atomic E-state index is 15.6. The first kappa shape index (κ1) is 37.2. The van der Waals surface area contributed by atoms with Crippen LogP contribution in [0.25, 0.3) is 11.1 Å². The number of carboxylic acids is 1. The summed E-state index contributed by atoms with van der Waals surface area (Å²) in [7, 11) is 3.23. The Kier molecular flexibility index (Phi) is 11.2. The zero-order valence-corrected chi connectivity index (χ0v) is 30.3. The first-order valence-corrected chi connectivity index (χ1v) is 17.6. The third-order valence-corrected chi connectivity index (χ3v) is 10.5. The lowest BCUT2D eigenvalue weighted by Crippen LogP contribution is -2.39. The number of ether oxygens (including phenoxy) is 2. The summed E-state index contributed by atoms with van der Waals surface area (Å²) in [4.78, 5) is 31.8. The maximum Gasteiger partial charge on any atom is 0.323 e. The van der Waals surface area contributed by atoms with Crippen molar-refractivity contribution in [3.05, 3.63) is 92.8 Å². The molecule has 0 radical (unpaired) electrons. The van der Waals surface area contributed by atoms with Gasteiger partial charge in [0, 0.05) is 62.2 Å². The zero-order chi connectivity index (χ0) is 37.3. The third kappa shape index (κ3) is 7.11. The molecule has 3 atom stereocenters. The zero-order valence-electron chi connectivity index (χ0n) is 29.5. The summed E-state index contributed by atoms with van der Waals surface area (Å²) in [5.74, 6) is -1.84. The third-order valence-electron chi connectivity index (χ3n) is 10.2. The fourth-order valence-electron chi connectivity index (χ4n) is 7.13. The van der Waals surface area contributed by atoms with E-state index in [0.29, 0.717) is 30.9 Å². The number of hydrogen-bond donors (Lipinski definition) is 5. The van der Waals surface area contributed by atoms with Crippen molar-refractivity contribution in [1.29, 1.82) is 0 Å². The van der Waals surface area contributed by atoms with Gasteiger partial charge in [0.1, 0.15) is 28.7 Å². The number of nitrogens with zero attached hydrogens (tertiary/aromatic N) is 3. The summed E-state index contributed by atoms with van der Waals surface area (Å²) >= 11 is 6.46. The predicted octanol–water partition coefficient (Wildman–Crippen LogP) is 4.79. The molecule has 0 spiro atoms. The molecule has 1 amide bonds. The molecule has 2 heterocycles. The van der Waals surface area contributed by atoms with Crippen molar-refractivity contribution >= 4 is 29.2 Å². The van der Waals surface area contributed by atoms with E-state index in [1.807, 2.05) is 61.9 Å². The minimum atomic E-state index is -1.29. The summed E-state index contributed by atoms with van der Waals surface area (Å²) in [6, 6.07) is 12.0. The number of rotatable bonds is 13. The largest absolute Gasteiger partial charge is 0.496 e. The van der Waals surface area contributed by atoms with E-state index in [1.54, 1.807) is 0 Å². The average Bonchev–Trinajstić information content (AvgIpc) is 3.71. The van der Waals surface area contributed by atoms with E-state index < -0.39 is 30.5 Å². The van der Waals surface area contributed by atoms with Gasteiger partial charge in [-0.2, -0.15) is 0 Å². The molecule has 52 heavy (non-hydrogen) atoms. The Labute approximate surface area is 306 Å². The van der Waals surface area contributed by atoms with Gasteiger partial charge in [0.05, 0.1) is 26.0 Å². The number of carbonyl (C=O) groups excluding carboxylic acids is 1. The first-order chi connectivity index (χ1) is 25.0. The van der Waals surface area contributed by atoms with Crippen molar-refractivity contribution in [3.63, 3.8) is 0 Å². The van der Waals surface area contributed by atoms with E-state index in [4.69, 9.17) is 26.1 Å². The van der Waals surface area contributed by atoms with Crippen LogP contribution in [0, 0.1) is 12.7 Å². The number of fused-ring (bicyclic) bond motifs is 2. The quantitative estimate of drug-likeness (QED) is 0.129. The molecule has 0 saturated heterocycles. The number of amides is 1. The monoisotopic (exact) mass is 735 g/mol. The number of carbonyl (C=O) groups is 2. The van der Waals surface area contributed by atoms with Gasteiger partial charge in [0.25, 0.3) is 5.91 Å². The molecule has 1 aliphatic heterocycles. The molecule has 1 aromatic heterocycles. The van der Waals surface area contributed by atoms with E-state index in [2.05, 4.69) is 15.5 Å². The summed E-state index contributed by atoms with van der Waals surface area (Å²) in [5.41, 5.74) is 7.40. The van der Waals surface area contributed by atoms with Gasteiger partial charge in [-0.1, -0.05) is 41.9 Å². The van der Waals surface area contributed by atoms with Crippen molar-refractivity contribution in [1.82, 2.24) is 19.8 Å². The average molecular weight is 736 g/mol. The molecule has 0 bridgehead atoms. The molecule has 1 aliphatic carbocycles. The Hall–Kier alpha value is -4.53. The van der Waals surface area contributed by atoms with Gasteiger partial charge in [-0.05, 0) is 60.6 Å². The number of aromatic nitrogens is 2. The second-order valence-corrected chi connectivity index (χ2v) is 13.6. The number of aliphatic carboxylic acids is 1. The van der Waals surface area contributed by atoms with Gasteiger partial charge in [-0.3, -0.25) is 19.8 Å². The van der Waals surface area contributed by atoms with Crippen LogP contribution >= 0.6 is 11.6 Å². The Morgan fingerprint density at radius 2 is 1.87 bits per heavy atom. The van der Waals surface area contributed by atoms with Crippen LogP contribution in [-0.4, -0.2) is 80.6 Å². The van der Waals surface area contributed by atoms with Crippen LogP contribution in [0.4, 0.5) is 10.1 Å². The number of aliphatic hydroxyl groups excluding tert-OH is 2. The Balaban J connectivity index is 1.22. The molecule has 4 aromatic rings. The molecule has 2 unspecified atom stereocenters. The van der Waals surface area contributed by atoms with Gasteiger partial charge in [-0.25, -0.2) is 9.37 Å². The van der Waals surface area contributed by atoms with Crippen molar-refractivity contribution in [2.45, 2.75) is 64.4 Å². The van der Waals surface area contributed by atoms with E-state index >= 15 is 4.39 Å². The number of carboxylic acid groups (broad SMARTS) is 1. The molecule has 276 valence electrons. The smallest absolute Gasteiger partial charge is 0.323 e. The number of benzene rings is 3. The molecule has 0 fully saturated rings. The highest BCUT2D eigenvalue weighted by molar-refractivity contribution is 6.32. The van der Waals surface area contributed by atoms with Crippen LogP contribution < -0.4 is 20.1 Å². The molecule has 6 rings (SSSR count). The number of imidazole rings is 1. The minimum absolute atomic E-state index is 0.0118. The topological polar surface area (TPSA) is 158 Å². The number of methoxy groups -OCH3 is 1. The normalized spacial score (nSPS) is 16.6. The second kappa shape index (κ2) is 15.6. The number of hydrogen-bond acceptors (Lipinski definition) is 9. The first-order valence-electron chi connectivity index (χ1n) is 17.2. The van der Waals surface area contributed by atoms with Gasteiger partial charge in [0.2, 0.25) is 0 Å². The van der Waals surface area contributed by atoms with E-state index in [1.165, 1.54) is 13.2 Å². The minimum Gasteiger partial charge on any atom is -0.496 e. The summed E-state index contributed by atoms with van der Waals surface area (Å²) < 4.78 is 29.2. The lowest BCUT2D eigenvalue weighted by Gasteiger charge is -2.30. The van der Waals surface area contributed by atoms with Gasteiger partial charge in [0.15, 0.2) is 11.6 Å². The number of aliphatic hydroxyl groups is 2. The van der Waals surface area contributed by atoms with E-state index in [9.17, 15) is 24.9 Å². The molecule has 0 saturated carbocycles. The van der Waals surface area contributed by atoms with Crippen LogP contribution in [-0.2, 0) is 37.8 Å². The molecule has 5 N–H and O–H groups in total. The highest BCUT2D eigenvalue weighted by atomic mass is 35.5. The standard InChI is InChI=1S/C38H43ClFN5O7/c1-20(18-46)45-14-13-30-28(17-45)42-36(44(30)3)37(48)43-27-10-6-7-22(21(27)2)23-8-5-9-25-24(23)11-12-31(25)52-33-15-32(51-4)26(35(40)34(33)39)16-41-29(19-47)38(49)50/h5-10,15,20,29,31,41,46-47H,11-14,16-19H2,1-4H3,(H,43,48)(H,49,50)/t20?,29-,31?/m1/s1. The van der Waals surface area contributed by atoms with Crippen LogP contribution in [0.1, 0.15) is 63.7 Å². The fraction of sp³-hybridized carbons (Fsp3) is 0.395. The summed E-state index contributed by atoms with van der Waals surface area (Å²) in [6.07, 6.45) is 1.61.